The molecule has 25 heavy (non-hydrogen) atoms. The van der Waals surface area contributed by atoms with Gasteiger partial charge in [0, 0.05) is 31.4 Å². The third-order valence-corrected chi connectivity index (χ3v) is 4.28. The van der Waals surface area contributed by atoms with Gasteiger partial charge in [0.2, 0.25) is 0 Å². The third kappa shape index (κ3) is 4.29. The Balaban J connectivity index is 2.06. The summed E-state index contributed by atoms with van der Waals surface area (Å²) < 4.78 is 19.4. The molecule has 1 aromatic heterocycles. The third-order valence-electron chi connectivity index (χ3n) is 4.28. The minimum Gasteiger partial charge on any atom is -0.370 e. The fourth-order valence-corrected chi connectivity index (χ4v) is 2.40. The molecule has 1 heterocycles. The van der Waals surface area contributed by atoms with Crippen LogP contribution in [-0.4, -0.2) is 36.2 Å². The Morgan fingerprint density at radius 3 is 2.52 bits per heavy atom. The van der Waals surface area contributed by atoms with Crippen molar-refractivity contribution >= 4 is 17.4 Å². The number of halogens is 1. The van der Waals surface area contributed by atoms with Gasteiger partial charge < -0.3 is 19.6 Å². The maximum atomic E-state index is 14.3. The van der Waals surface area contributed by atoms with E-state index >= 15 is 0 Å². The lowest BCUT2D eigenvalue weighted by molar-refractivity contribution is 0.220. The molecule has 6 nitrogen and oxygen atoms in total. The van der Waals surface area contributed by atoms with Crippen LogP contribution >= 0.6 is 0 Å². The number of amides is 2. The standard InChI is InChI=1S/C18H25FN4O2/c1-11(2)23(6)17-8-7-14(9-16(17)19)20-18(24)22(5)10-15-12(3)21-25-13(15)4/h7-9,11H,10H2,1-6H3,(H,20,24). The van der Waals surface area contributed by atoms with E-state index in [1.54, 1.807) is 26.1 Å². The van der Waals surface area contributed by atoms with Gasteiger partial charge in [0.25, 0.3) is 0 Å². The minimum absolute atomic E-state index is 0.177. The molecule has 0 atom stereocenters. The largest absolute Gasteiger partial charge is 0.370 e. The first-order chi connectivity index (χ1) is 11.7. The van der Waals surface area contributed by atoms with Crippen molar-refractivity contribution in [3.05, 3.63) is 41.0 Å². The van der Waals surface area contributed by atoms with Gasteiger partial charge in [0.1, 0.15) is 11.6 Å². The van der Waals surface area contributed by atoms with Gasteiger partial charge in [-0.25, -0.2) is 9.18 Å². The predicted molar refractivity (Wildman–Crippen MR) is 96.4 cm³/mol. The monoisotopic (exact) mass is 348 g/mol. The van der Waals surface area contributed by atoms with Gasteiger partial charge in [0.05, 0.1) is 17.9 Å². The topological polar surface area (TPSA) is 61.6 Å². The van der Waals surface area contributed by atoms with E-state index in [0.717, 1.165) is 11.3 Å². The number of hydrogen-bond donors (Lipinski definition) is 1. The normalized spacial score (nSPS) is 10.9. The molecule has 0 spiro atoms. The summed E-state index contributed by atoms with van der Waals surface area (Å²) in [6, 6.07) is 4.54. The number of aromatic nitrogens is 1. The molecule has 0 aliphatic rings. The zero-order chi connectivity index (χ0) is 18.7. The van der Waals surface area contributed by atoms with Gasteiger partial charge in [0.15, 0.2) is 0 Å². The number of anilines is 2. The van der Waals surface area contributed by atoms with E-state index in [1.807, 2.05) is 32.7 Å². The predicted octanol–water partition coefficient (Wildman–Crippen LogP) is 3.94. The van der Waals surface area contributed by atoms with Crippen LogP contribution in [0.4, 0.5) is 20.6 Å². The van der Waals surface area contributed by atoms with Crippen molar-refractivity contribution in [3.63, 3.8) is 0 Å². The van der Waals surface area contributed by atoms with Crippen molar-refractivity contribution in [1.82, 2.24) is 10.1 Å². The van der Waals surface area contributed by atoms with Crippen LogP contribution in [0.5, 0.6) is 0 Å². The van der Waals surface area contributed by atoms with Crippen LogP contribution in [0.15, 0.2) is 22.7 Å². The van der Waals surface area contributed by atoms with Crippen molar-refractivity contribution in [3.8, 4) is 0 Å². The van der Waals surface area contributed by atoms with Crippen molar-refractivity contribution in [2.24, 2.45) is 0 Å². The molecule has 0 unspecified atom stereocenters. The lowest BCUT2D eigenvalue weighted by Crippen LogP contribution is -2.31. The highest BCUT2D eigenvalue weighted by Gasteiger charge is 2.17. The van der Waals surface area contributed by atoms with E-state index in [1.165, 1.54) is 11.0 Å². The van der Waals surface area contributed by atoms with E-state index in [2.05, 4.69) is 10.5 Å². The summed E-state index contributed by atoms with van der Waals surface area (Å²) in [5, 5.41) is 6.58. The summed E-state index contributed by atoms with van der Waals surface area (Å²) in [6.45, 7) is 7.97. The number of carbonyl (C=O) groups is 1. The van der Waals surface area contributed by atoms with Crippen LogP contribution in [0, 0.1) is 19.7 Å². The summed E-state index contributed by atoms with van der Waals surface area (Å²) in [5.74, 6) is 0.312. The second-order valence-corrected chi connectivity index (χ2v) is 6.46. The number of benzene rings is 1. The smallest absolute Gasteiger partial charge is 0.321 e. The zero-order valence-corrected chi connectivity index (χ0v) is 15.6. The average Bonchev–Trinajstić information content (AvgIpc) is 2.86. The second kappa shape index (κ2) is 7.55. The van der Waals surface area contributed by atoms with E-state index in [9.17, 15) is 9.18 Å². The molecule has 1 N–H and O–H groups in total. The van der Waals surface area contributed by atoms with Gasteiger partial charge in [-0.1, -0.05) is 5.16 Å². The quantitative estimate of drug-likeness (QED) is 0.889. The molecule has 0 fully saturated rings. The first-order valence-electron chi connectivity index (χ1n) is 8.17. The Kier molecular flexibility index (Phi) is 5.66. The molecule has 0 radical (unpaired) electrons. The number of rotatable bonds is 5. The van der Waals surface area contributed by atoms with E-state index in [-0.39, 0.29) is 17.9 Å². The Labute approximate surface area is 147 Å². The summed E-state index contributed by atoms with van der Waals surface area (Å²) in [5.41, 5.74) is 2.54. The lowest BCUT2D eigenvalue weighted by atomic mass is 10.2. The fourth-order valence-electron chi connectivity index (χ4n) is 2.40. The SMILES string of the molecule is Cc1noc(C)c1CN(C)C(=O)Nc1ccc(N(C)C(C)C)c(F)c1. The van der Waals surface area contributed by atoms with Crippen molar-refractivity contribution in [1.29, 1.82) is 0 Å². The molecule has 7 heteroatoms. The lowest BCUT2D eigenvalue weighted by Gasteiger charge is -2.24. The average molecular weight is 348 g/mol. The Morgan fingerprint density at radius 1 is 1.32 bits per heavy atom. The highest BCUT2D eigenvalue weighted by atomic mass is 19.1. The summed E-state index contributed by atoms with van der Waals surface area (Å²) >= 11 is 0. The zero-order valence-electron chi connectivity index (χ0n) is 15.6. The van der Waals surface area contributed by atoms with Gasteiger partial charge in [-0.15, -0.1) is 0 Å². The molecular weight excluding hydrogens is 323 g/mol. The number of hydrogen-bond acceptors (Lipinski definition) is 4. The molecule has 2 rings (SSSR count). The van der Waals surface area contributed by atoms with E-state index < -0.39 is 0 Å². The highest BCUT2D eigenvalue weighted by molar-refractivity contribution is 5.89. The van der Waals surface area contributed by atoms with Gasteiger partial charge >= 0.3 is 6.03 Å². The van der Waals surface area contributed by atoms with Crippen LogP contribution in [0.25, 0.3) is 0 Å². The molecule has 0 aliphatic carbocycles. The molecule has 0 bridgehead atoms. The molecule has 2 aromatic rings. The summed E-state index contributed by atoms with van der Waals surface area (Å²) in [7, 11) is 3.50. The van der Waals surface area contributed by atoms with Crippen LogP contribution in [0.1, 0.15) is 30.9 Å². The van der Waals surface area contributed by atoms with Crippen molar-refractivity contribution < 1.29 is 13.7 Å². The molecule has 136 valence electrons. The number of carbonyl (C=O) groups excluding carboxylic acids is 1. The maximum absolute atomic E-state index is 14.3. The van der Waals surface area contributed by atoms with Gasteiger partial charge in [-0.05, 0) is 45.9 Å². The van der Waals surface area contributed by atoms with Crippen LogP contribution < -0.4 is 10.2 Å². The molecule has 2 amide bonds. The molecule has 1 aromatic carbocycles. The second-order valence-electron chi connectivity index (χ2n) is 6.46. The molecule has 0 saturated heterocycles. The van der Waals surface area contributed by atoms with Crippen LogP contribution in [0.2, 0.25) is 0 Å². The summed E-state index contributed by atoms with van der Waals surface area (Å²) in [4.78, 5) is 15.7. The molecule has 0 aliphatic heterocycles. The van der Waals surface area contributed by atoms with E-state index in [0.29, 0.717) is 23.7 Å². The number of nitrogens with zero attached hydrogens (tertiary/aromatic N) is 3. The summed E-state index contributed by atoms with van der Waals surface area (Å²) in [6.07, 6.45) is 0. The Hall–Kier alpha value is -2.57. The van der Waals surface area contributed by atoms with Crippen molar-refractivity contribution in [2.45, 2.75) is 40.3 Å². The minimum atomic E-state index is -0.373. The Morgan fingerprint density at radius 2 is 2.00 bits per heavy atom. The first-order valence-corrected chi connectivity index (χ1v) is 8.17. The first kappa shape index (κ1) is 18.8. The van der Waals surface area contributed by atoms with Crippen LogP contribution in [-0.2, 0) is 6.54 Å². The van der Waals surface area contributed by atoms with E-state index in [4.69, 9.17) is 4.52 Å². The fraction of sp³-hybridized carbons (Fsp3) is 0.444. The highest BCUT2D eigenvalue weighted by Crippen LogP contribution is 2.24. The Bertz CT molecular complexity index is 738. The maximum Gasteiger partial charge on any atom is 0.321 e. The molecular formula is C18H25FN4O2. The number of nitrogens with one attached hydrogen (secondary N) is 1. The van der Waals surface area contributed by atoms with Crippen LogP contribution in [0.3, 0.4) is 0 Å². The molecule has 0 saturated carbocycles. The van der Waals surface area contributed by atoms with Gasteiger partial charge in [-0.3, -0.25) is 0 Å². The number of aryl methyl sites for hydroxylation is 2. The number of urea groups is 1. The van der Waals surface area contributed by atoms with Crippen molar-refractivity contribution in [2.75, 3.05) is 24.3 Å². The van der Waals surface area contributed by atoms with Gasteiger partial charge in [-0.2, -0.15) is 0 Å².